The molecular formula is C27H31FN2O4. The number of hydrogen-bond acceptors (Lipinski definition) is 5. The van der Waals surface area contributed by atoms with Crippen molar-refractivity contribution in [3.05, 3.63) is 84.3 Å². The number of nitrogens with zero attached hydrogens (tertiary/aromatic N) is 2. The Kier molecular flexibility index (Phi) is 9.40. The molecule has 2 heterocycles. The minimum absolute atomic E-state index is 0.0562. The third-order valence-corrected chi connectivity index (χ3v) is 5.75. The van der Waals surface area contributed by atoms with E-state index in [2.05, 4.69) is 4.98 Å². The molecule has 4 rings (SSSR count). The fraction of sp³-hybridized carbons (Fsp3) is 0.333. The molecule has 180 valence electrons. The summed E-state index contributed by atoms with van der Waals surface area (Å²) in [5, 5.41) is 8.92. The molecule has 34 heavy (non-hydrogen) atoms. The Bertz CT molecular complexity index is 1010. The van der Waals surface area contributed by atoms with Gasteiger partial charge in [0.1, 0.15) is 11.9 Å². The van der Waals surface area contributed by atoms with Crippen molar-refractivity contribution in [3.63, 3.8) is 0 Å². The van der Waals surface area contributed by atoms with Gasteiger partial charge in [-0.3, -0.25) is 0 Å². The second kappa shape index (κ2) is 12.7. The predicted octanol–water partition coefficient (Wildman–Crippen LogP) is 5.63. The Balaban J connectivity index is 0.000000396. The zero-order chi connectivity index (χ0) is 24.3. The van der Waals surface area contributed by atoms with E-state index >= 15 is 0 Å². The molecule has 0 saturated carbocycles. The number of aromatic nitrogens is 1. The lowest BCUT2D eigenvalue weighted by Gasteiger charge is -2.35. The lowest BCUT2D eigenvalue weighted by atomic mass is 10.0. The Labute approximate surface area is 200 Å². The van der Waals surface area contributed by atoms with E-state index in [1.807, 2.05) is 43.3 Å². The number of aliphatic hydroxyl groups is 1. The smallest absolute Gasteiger partial charge is 0.410 e. The van der Waals surface area contributed by atoms with Crippen molar-refractivity contribution in [1.82, 2.24) is 9.88 Å². The third-order valence-electron chi connectivity index (χ3n) is 5.75. The number of aliphatic hydroxyl groups excluding tert-OH is 1. The molecule has 0 spiro atoms. The first-order chi connectivity index (χ1) is 16.5. The van der Waals surface area contributed by atoms with Gasteiger partial charge < -0.3 is 19.5 Å². The van der Waals surface area contributed by atoms with Crippen molar-refractivity contribution >= 4 is 6.09 Å². The zero-order valence-electron chi connectivity index (χ0n) is 19.6. The van der Waals surface area contributed by atoms with E-state index in [0.29, 0.717) is 18.8 Å². The van der Waals surface area contributed by atoms with Crippen molar-refractivity contribution < 1.29 is 23.8 Å². The van der Waals surface area contributed by atoms with Gasteiger partial charge in [0.15, 0.2) is 0 Å². The molecule has 1 amide bonds. The summed E-state index contributed by atoms with van der Waals surface area (Å²) in [6.07, 6.45) is 3.60. The molecule has 2 aromatic carbocycles. The van der Waals surface area contributed by atoms with Crippen LogP contribution >= 0.6 is 0 Å². The van der Waals surface area contributed by atoms with E-state index in [1.54, 1.807) is 36.4 Å². The molecule has 0 aliphatic carbocycles. The van der Waals surface area contributed by atoms with Crippen molar-refractivity contribution in [2.75, 3.05) is 20.3 Å². The maximum atomic E-state index is 12.4. The van der Waals surface area contributed by atoms with Gasteiger partial charge in [-0.25, -0.2) is 14.2 Å². The monoisotopic (exact) mass is 466 g/mol. The van der Waals surface area contributed by atoms with Crippen LogP contribution in [0.5, 0.6) is 5.88 Å². The Morgan fingerprint density at radius 3 is 2.35 bits per heavy atom. The van der Waals surface area contributed by atoms with Gasteiger partial charge in [-0.2, -0.15) is 0 Å². The van der Waals surface area contributed by atoms with Crippen LogP contribution in [-0.4, -0.2) is 47.4 Å². The Morgan fingerprint density at radius 2 is 1.82 bits per heavy atom. The van der Waals surface area contributed by atoms with E-state index in [0.717, 1.165) is 29.5 Å². The molecule has 1 N–H and O–H groups in total. The molecule has 0 bridgehead atoms. The first-order valence-electron chi connectivity index (χ1n) is 11.4. The number of methoxy groups -OCH3 is 1. The van der Waals surface area contributed by atoms with Gasteiger partial charge in [0.05, 0.1) is 13.2 Å². The van der Waals surface area contributed by atoms with Gasteiger partial charge in [-0.15, -0.1) is 0 Å². The van der Waals surface area contributed by atoms with E-state index < -0.39 is 0 Å². The number of rotatable bonds is 7. The summed E-state index contributed by atoms with van der Waals surface area (Å²) in [5.74, 6) is 0.410. The van der Waals surface area contributed by atoms with Gasteiger partial charge in [0.25, 0.3) is 0 Å². The molecule has 1 saturated heterocycles. The molecule has 2 atom stereocenters. The third kappa shape index (κ3) is 7.02. The number of halogens is 1. The van der Waals surface area contributed by atoms with Crippen LogP contribution in [0, 0.1) is 5.82 Å². The lowest BCUT2D eigenvalue weighted by Crippen LogP contribution is -2.43. The van der Waals surface area contributed by atoms with Gasteiger partial charge in [0, 0.05) is 37.4 Å². The number of carbonyl (C=O) groups excluding carboxylic acids is 1. The number of pyridine rings is 1. The molecule has 7 heteroatoms. The normalized spacial score (nSPS) is 16.2. The standard InChI is InChI=1S/C21H26N2O4.C6H5F/c1-15(23-12-11-19(4-3-13-24)27-21(23)25)16-5-7-17(8-6-16)18-9-10-20(26-2)22-14-18;7-6-4-2-1-3-5-6/h5-10,14-15,19,24H,3-4,11-13H2,1-2H3;1-5H. The molecular weight excluding hydrogens is 435 g/mol. The summed E-state index contributed by atoms with van der Waals surface area (Å²) in [6, 6.07) is 19.8. The van der Waals surface area contributed by atoms with Crippen LogP contribution in [0.2, 0.25) is 0 Å². The van der Waals surface area contributed by atoms with Crippen LogP contribution in [-0.2, 0) is 4.74 Å². The molecule has 3 aromatic rings. The Morgan fingerprint density at radius 1 is 1.12 bits per heavy atom. The molecule has 2 unspecified atom stereocenters. The van der Waals surface area contributed by atoms with E-state index in [1.165, 1.54) is 12.1 Å². The minimum atomic E-state index is -0.278. The van der Waals surface area contributed by atoms with Crippen molar-refractivity contribution in [1.29, 1.82) is 0 Å². The number of cyclic esters (lactones) is 1. The number of carbonyl (C=O) groups is 1. The maximum Gasteiger partial charge on any atom is 0.410 e. The van der Waals surface area contributed by atoms with E-state index in [4.69, 9.17) is 14.6 Å². The number of benzene rings is 2. The predicted molar refractivity (Wildman–Crippen MR) is 129 cm³/mol. The number of ether oxygens (including phenoxy) is 2. The highest BCUT2D eigenvalue weighted by Crippen LogP contribution is 2.28. The number of hydrogen-bond donors (Lipinski definition) is 1. The highest BCUT2D eigenvalue weighted by atomic mass is 19.1. The highest BCUT2D eigenvalue weighted by molar-refractivity contribution is 5.69. The van der Waals surface area contributed by atoms with Gasteiger partial charge >= 0.3 is 6.09 Å². The Hall–Kier alpha value is -3.45. The molecule has 0 radical (unpaired) electrons. The summed E-state index contributed by atoms with van der Waals surface area (Å²) in [4.78, 5) is 18.4. The molecule has 1 aliphatic rings. The average Bonchev–Trinajstić information content (AvgIpc) is 2.88. The summed E-state index contributed by atoms with van der Waals surface area (Å²) in [6.45, 7) is 2.81. The van der Waals surface area contributed by atoms with Gasteiger partial charge in [-0.05, 0) is 49.1 Å². The SMILES string of the molecule is COc1ccc(-c2ccc(C(C)N3CCC(CCCO)OC3=O)cc2)cn1.Fc1ccccc1. The van der Waals surface area contributed by atoms with Crippen LogP contribution < -0.4 is 4.74 Å². The zero-order valence-corrected chi connectivity index (χ0v) is 19.6. The first-order valence-corrected chi connectivity index (χ1v) is 11.4. The summed E-state index contributed by atoms with van der Waals surface area (Å²) in [7, 11) is 1.60. The van der Waals surface area contributed by atoms with Crippen LogP contribution in [0.25, 0.3) is 11.1 Å². The van der Waals surface area contributed by atoms with Crippen LogP contribution in [0.1, 0.15) is 37.8 Å². The number of amides is 1. The van der Waals surface area contributed by atoms with Crippen LogP contribution in [0.15, 0.2) is 72.9 Å². The van der Waals surface area contributed by atoms with E-state index in [-0.39, 0.29) is 30.7 Å². The summed E-state index contributed by atoms with van der Waals surface area (Å²) in [5.41, 5.74) is 3.14. The summed E-state index contributed by atoms with van der Waals surface area (Å²) < 4.78 is 22.5. The first kappa shape index (κ1) is 25.2. The molecule has 1 aliphatic heterocycles. The highest BCUT2D eigenvalue weighted by Gasteiger charge is 2.30. The van der Waals surface area contributed by atoms with Crippen molar-refractivity contribution in [2.24, 2.45) is 0 Å². The molecule has 1 fully saturated rings. The van der Waals surface area contributed by atoms with Gasteiger partial charge in [0.2, 0.25) is 5.88 Å². The minimum Gasteiger partial charge on any atom is -0.481 e. The molecule has 1 aromatic heterocycles. The largest absolute Gasteiger partial charge is 0.481 e. The van der Waals surface area contributed by atoms with Crippen LogP contribution in [0.4, 0.5) is 9.18 Å². The topological polar surface area (TPSA) is 71.9 Å². The van der Waals surface area contributed by atoms with Crippen molar-refractivity contribution in [3.8, 4) is 17.0 Å². The lowest BCUT2D eigenvalue weighted by molar-refractivity contribution is 0.00760. The van der Waals surface area contributed by atoms with Crippen LogP contribution in [0.3, 0.4) is 0 Å². The second-order valence-electron chi connectivity index (χ2n) is 8.04. The second-order valence-corrected chi connectivity index (χ2v) is 8.04. The van der Waals surface area contributed by atoms with E-state index in [9.17, 15) is 9.18 Å². The fourth-order valence-corrected chi connectivity index (χ4v) is 3.74. The molecule has 6 nitrogen and oxygen atoms in total. The quantitative estimate of drug-likeness (QED) is 0.489. The summed E-state index contributed by atoms with van der Waals surface area (Å²) >= 11 is 0. The average molecular weight is 467 g/mol. The van der Waals surface area contributed by atoms with Gasteiger partial charge in [-0.1, -0.05) is 42.5 Å². The maximum absolute atomic E-state index is 12.4. The van der Waals surface area contributed by atoms with Crippen molar-refractivity contribution in [2.45, 2.75) is 38.3 Å². The fourth-order valence-electron chi connectivity index (χ4n) is 3.74.